The third-order valence-corrected chi connectivity index (χ3v) is 2.72. The van der Waals surface area contributed by atoms with Gasteiger partial charge in [0, 0.05) is 21.8 Å². The van der Waals surface area contributed by atoms with Crippen LogP contribution in [0.25, 0.3) is 11.1 Å². The van der Waals surface area contributed by atoms with Crippen molar-refractivity contribution in [2.24, 2.45) is 0 Å². The van der Waals surface area contributed by atoms with Crippen molar-refractivity contribution in [2.45, 2.75) is 0 Å². The molecule has 2 aromatic rings. The van der Waals surface area contributed by atoms with Crippen molar-refractivity contribution >= 4 is 17.3 Å². The van der Waals surface area contributed by atoms with Crippen LogP contribution in [-0.4, -0.2) is 7.11 Å². The van der Waals surface area contributed by atoms with Gasteiger partial charge in [-0.3, -0.25) is 0 Å². The van der Waals surface area contributed by atoms with Crippen molar-refractivity contribution in [1.29, 1.82) is 0 Å². The lowest BCUT2D eigenvalue weighted by Crippen LogP contribution is -1.91. The summed E-state index contributed by atoms with van der Waals surface area (Å²) < 4.78 is 5.30. The predicted molar refractivity (Wildman–Crippen MR) is 67.9 cm³/mol. The minimum Gasteiger partial charge on any atom is -0.496 e. The van der Waals surface area contributed by atoms with Gasteiger partial charge in [-0.15, -0.1) is 0 Å². The molecule has 0 radical (unpaired) electrons. The number of methoxy groups -OCH3 is 1. The molecule has 2 aromatic carbocycles. The second-order valence-corrected chi connectivity index (χ2v) is 3.85. The van der Waals surface area contributed by atoms with Gasteiger partial charge in [-0.25, -0.2) is 0 Å². The van der Waals surface area contributed by atoms with E-state index in [9.17, 15) is 0 Å². The van der Waals surface area contributed by atoms with Crippen molar-refractivity contribution < 1.29 is 4.74 Å². The van der Waals surface area contributed by atoms with Crippen LogP contribution in [0.2, 0.25) is 5.02 Å². The Hall–Kier alpha value is -1.67. The van der Waals surface area contributed by atoms with E-state index in [0.717, 1.165) is 16.9 Å². The van der Waals surface area contributed by atoms with Gasteiger partial charge in [-0.2, -0.15) is 0 Å². The summed E-state index contributed by atoms with van der Waals surface area (Å²) in [5.41, 5.74) is 8.30. The maximum atomic E-state index is 6.14. The number of hydrogen-bond acceptors (Lipinski definition) is 2. The highest BCUT2D eigenvalue weighted by Crippen LogP contribution is 2.35. The average molecular weight is 234 g/mol. The van der Waals surface area contributed by atoms with Crippen molar-refractivity contribution in [3.05, 3.63) is 47.5 Å². The molecule has 0 spiro atoms. The quantitative estimate of drug-likeness (QED) is 0.805. The standard InChI is InChI=1S/C13H12ClNO/c1-16-13-7-6-9(15)8-11(13)10-4-2-3-5-12(10)14/h2-8H,15H2,1H3. The number of rotatable bonds is 2. The van der Waals surface area contributed by atoms with Crippen molar-refractivity contribution in [1.82, 2.24) is 0 Å². The van der Waals surface area contributed by atoms with E-state index in [2.05, 4.69) is 0 Å². The summed E-state index contributed by atoms with van der Waals surface area (Å²) in [6.07, 6.45) is 0. The van der Waals surface area contributed by atoms with Crippen LogP contribution in [0.4, 0.5) is 5.69 Å². The number of hydrogen-bond donors (Lipinski definition) is 1. The van der Waals surface area contributed by atoms with E-state index in [1.54, 1.807) is 13.2 Å². The molecule has 0 heterocycles. The van der Waals surface area contributed by atoms with Gasteiger partial charge >= 0.3 is 0 Å². The average Bonchev–Trinajstić information content (AvgIpc) is 2.29. The summed E-state index contributed by atoms with van der Waals surface area (Å²) in [7, 11) is 1.63. The molecule has 0 unspecified atom stereocenters. The lowest BCUT2D eigenvalue weighted by atomic mass is 10.0. The van der Waals surface area contributed by atoms with Crippen molar-refractivity contribution in [2.75, 3.05) is 12.8 Å². The van der Waals surface area contributed by atoms with Crippen LogP contribution < -0.4 is 10.5 Å². The molecule has 82 valence electrons. The maximum Gasteiger partial charge on any atom is 0.126 e. The number of nitrogens with two attached hydrogens (primary N) is 1. The minimum atomic E-state index is 0.686. The van der Waals surface area contributed by atoms with Gasteiger partial charge in [0.2, 0.25) is 0 Å². The molecule has 0 aliphatic rings. The highest BCUT2D eigenvalue weighted by Gasteiger charge is 2.08. The highest BCUT2D eigenvalue weighted by atomic mass is 35.5. The second-order valence-electron chi connectivity index (χ2n) is 3.44. The van der Waals surface area contributed by atoms with Crippen molar-refractivity contribution in [3.8, 4) is 16.9 Å². The van der Waals surface area contributed by atoms with E-state index < -0.39 is 0 Å². The van der Waals surface area contributed by atoms with Crippen LogP contribution in [0.3, 0.4) is 0 Å². The summed E-state index contributed by atoms with van der Waals surface area (Å²) in [6, 6.07) is 13.1. The van der Waals surface area contributed by atoms with Gasteiger partial charge in [0.25, 0.3) is 0 Å². The summed E-state index contributed by atoms with van der Waals surface area (Å²) in [5, 5.41) is 0.686. The SMILES string of the molecule is COc1ccc(N)cc1-c1ccccc1Cl. The summed E-state index contributed by atoms with van der Waals surface area (Å²) in [5.74, 6) is 0.766. The lowest BCUT2D eigenvalue weighted by molar-refractivity contribution is 0.416. The molecule has 0 aliphatic carbocycles. The number of nitrogen functional groups attached to an aromatic ring is 1. The van der Waals surface area contributed by atoms with Crippen LogP contribution in [-0.2, 0) is 0 Å². The molecular weight excluding hydrogens is 222 g/mol. The van der Waals surface area contributed by atoms with Gasteiger partial charge in [0.05, 0.1) is 7.11 Å². The Balaban J connectivity index is 2.63. The zero-order chi connectivity index (χ0) is 11.5. The first kappa shape index (κ1) is 10.8. The minimum absolute atomic E-state index is 0.686. The van der Waals surface area contributed by atoms with Crippen LogP contribution in [0, 0.1) is 0 Å². The van der Waals surface area contributed by atoms with Crippen molar-refractivity contribution in [3.63, 3.8) is 0 Å². The van der Waals surface area contributed by atoms with Gasteiger partial charge in [0.1, 0.15) is 5.75 Å². The van der Waals surface area contributed by atoms with E-state index in [0.29, 0.717) is 10.7 Å². The number of halogens is 1. The first-order chi connectivity index (χ1) is 7.72. The van der Waals surface area contributed by atoms with E-state index in [1.807, 2.05) is 36.4 Å². The summed E-state index contributed by atoms with van der Waals surface area (Å²) >= 11 is 6.14. The Morgan fingerprint density at radius 2 is 1.81 bits per heavy atom. The third kappa shape index (κ3) is 1.97. The Morgan fingerprint density at radius 3 is 2.50 bits per heavy atom. The van der Waals surface area contributed by atoms with Gasteiger partial charge in [-0.1, -0.05) is 29.8 Å². The van der Waals surface area contributed by atoms with Gasteiger partial charge in [0.15, 0.2) is 0 Å². The number of benzene rings is 2. The van der Waals surface area contributed by atoms with E-state index in [-0.39, 0.29) is 0 Å². The second kappa shape index (κ2) is 4.45. The zero-order valence-electron chi connectivity index (χ0n) is 8.91. The van der Waals surface area contributed by atoms with E-state index in [4.69, 9.17) is 22.1 Å². The molecule has 0 saturated heterocycles. The fourth-order valence-corrected chi connectivity index (χ4v) is 1.85. The molecule has 0 aliphatic heterocycles. The largest absolute Gasteiger partial charge is 0.496 e. The third-order valence-electron chi connectivity index (χ3n) is 2.39. The molecule has 0 atom stereocenters. The molecular formula is C13H12ClNO. The predicted octanol–water partition coefficient (Wildman–Crippen LogP) is 3.60. The highest BCUT2D eigenvalue weighted by molar-refractivity contribution is 6.33. The smallest absolute Gasteiger partial charge is 0.126 e. The maximum absolute atomic E-state index is 6.14. The Bertz CT molecular complexity index is 511. The molecule has 2 N–H and O–H groups in total. The molecule has 2 rings (SSSR count). The first-order valence-electron chi connectivity index (χ1n) is 4.91. The Labute approximate surface area is 99.6 Å². The van der Waals surface area contributed by atoms with Gasteiger partial charge in [-0.05, 0) is 24.3 Å². The molecule has 0 fully saturated rings. The zero-order valence-corrected chi connectivity index (χ0v) is 9.66. The fraction of sp³-hybridized carbons (Fsp3) is 0.0769. The molecule has 2 nitrogen and oxygen atoms in total. The number of anilines is 1. The molecule has 0 amide bonds. The van der Waals surface area contributed by atoms with Crippen LogP contribution >= 0.6 is 11.6 Å². The molecule has 0 aromatic heterocycles. The van der Waals surface area contributed by atoms with Crippen LogP contribution in [0.1, 0.15) is 0 Å². The molecule has 0 bridgehead atoms. The van der Waals surface area contributed by atoms with E-state index >= 15 is 0 Å². The molecule has 16 heavy (non-hydrogen) atoms. The summed E-state index contributed by atoms with van der Waals surface area (Å²) in [6.45, 7) is 0. The fourth-order valence-electron chi connectivity index (χ4n) is 1.62. The topological polar surface area (TPSA) is 35.2 Å². The van der Waals surface area contributed by atoms with Crippen LogP contribution in [0.5, 0.6) is 5.75 Å². The normalized spacial score (nSPS) is 10.1. The summed E-state index contributed by atoms with van der Waals surface area (Å²) in [4.78, 5) is 0. The van der Waals surface area contributed by atoms with Crippen LogP contribution in [0.15, 0.2) is 42.5 Å². The molecule has 0 saturated carbocycles. The lowest BCUT2D eigenvalue weighted by Gasteiger charge is -2.10. The number of ether oxygens (including phenoxy) is 1. The monoisotopic (exact) mass is 233 g/mol. The Kier molecular flexibility index (Phi) is 3.02. The first-order valence-corrected chi connectivity index (χ1v) is 5.28. The van der Waals surface area contributed by atoms with Gasteiger partial charge < -0.3 is 10.5 Å². The van der Waals surface area contributed by atoms with E-state index in [1.165, 1.54) is 0 Å². The Morgan fingerprint density at radius 1 is 1.06 bits per heavy atom. The molecule has 3 heteroatoms.